The molecular formula is C19H21N3O3. The number of nitrogens with one attached hydrogen (secondary N) is 1. The van der Waals surface area contributed by atoms with E-state index in [1.165, 1.54) is 13.5 Å². The first kappa shape index (κ1) is 17.0. The first-order valence-corrected chi connectivity index (χ1v) is 8.37. The Labute approximate surface area is 146 Å². The quantitative estimate of drug-likeness (QED) is 0.866. The van der Waals surface area contributed by atoms with E-state index in [0.717, 1.165) is 37.3 Å². The number of aromatic nitrogens is 1. The lowest BCUT2D eigenvalue weighted by atomic mass is 10.1. The molecule has 2 aromatic rings. The van der Waals surface area contributed by atoms with Crippen molar-refractivity contribution in [1.29, 1.82) is 0 Å². The van der Waals surface area contributed by atoms with Crippen LogP contribution in [0.4, 0.5) is 11.4 Å². The van der Waals surface area contributed by atoms with Crippen LogP contribution in [0.5, 0.6) is 0 Å². The summed E-state index contributed by atoms with van der Waals surface area (Å²) in [6, 6.07) is 8.74. The number of methoxy groups -OCH3 is 1. The van der Waals surface area contributed by atoms with Crippen LogP contribution in [-0.4, -0.2) is 42.0 Å². The van der Waals surface area contributed by atoms with Crippen LogP contribution in [0.1, 0.15) is 40.0 Å². The summed E-state index contributed by atoms with van der Waals surface area (Å²) in [7, 11) is 1.35. The van der Waals surface area contributed by atoms with E-state index >= 15 is 0 Å². The van der Waals surface area contributed by atoms with Crippen LogP contribution >= 0.6 is 0 Å². The summed E-state index contributed by atoms with van der Waals surface area (Å²) in [5.41, 5.74) is 2.60. The molecule has 1 aliphatic rings. The van der Waals surface area contributed by atoms with Crippen LogP contribution < -0.4 is 5.32 Å². The highest BCUT2D eigenvalue weighted by atomic mass is 16.5. The maximum Gasteiger partial charge on any atom is 0.337 e. The Kier molecular flexibility index (Phi) is 5.28. The molecule has 1 aromatic heterocycles. The fraction of sp³-hybridized carbons (Fsp3) is 0.316. The van der Waals surface area contributed by atoms with E-state index in [0.29, 0.717) is 11.1 Å². The average molecular weight is 339 g/mol. The van der Waals surface area contributed by atoms with Crippen molar-refractivity contribution in [1.82, 2.24) is 9.88 Å². The summed E-state index contributed by atoms with van der Waals surface area (Å²) in [4.78, 5) is 30.1. The van der Waals surface area contributed by atoms with Crippen molar-refractivity contribution in [3.05, 3.63) is 53.9 Å². The molecule has 130 valence electrons. The van der Waals surface area contributed by atoms with Gasteiger partial charge in [-0.3, -0.25) is 9.78 Å². The number of ether oxygens (including phenoxy) is 1. The molecule has 0 radical (unpaired) electrons. The minimum atomic E-state index is -0.373. The van der Waals surface area contributed by atoms with Crippen LogP contribution in [0.2, 0.25) is 0 Å². The molecule has 1 fully saturated rings. The zero-order valence-corrected chi connectivity index (χ0v) is 14.2. The van der Waals surface area contributed by atoms with E-state index in [4.69, 9.17) is 0 Å². The largest absolute Gasteiger partial charge is 0.465 e. The number of rotatable bonds is 4. The van der Waals surface area contributed by atoms with Crippen LogP contribution in [0.25, 0.3) is 0 Å². The van der Waals surface area contributed by atoms with Crippen LogP contribution in [-0.2, 0) is 4.74 Å². The van der Waals surface area contributed by atoms with E-state index in [9.17, 15) is 9.59 Å². The third-order valence-corrected chi connectivity index (χ3v) is 4.22. The van der Waals surface area contributed by atoms with Gasteiger partial charge in [-0.15, -0.1) is 0 Å². The molecule has 25 heavy (non-hydrogen) atoms. The minimum Gasteiger partial charge on any atom is -0.465 e. The maximum absolute atomic E-state index is 12.6. The van der Waals surface area contributed by atoms with Gasteiger partial charge < -0.3 is 15.0 Å². The summed E-state index contributed by atoms with van der Waals surface area (Å²) >= 11 is 0. The molecule has 6 heteroatoms. The number of hydrogen-bond acceptors (Lipinski definition) is 5. The summed E-state index contributed by atoms with van der Waals surface area (Å²) in [6.07, 6.45) is 6.57. The first-order valence-electron chi connectivity index (χ1n) is 8.37. The number of carbonyl (C=O) groups excluding carboxylic acids is 2. The SMILES string of the molecule is COC(=O)c1ccc(Nc2cncc(C(=O)N3CCCCC3)c2)cc1. The molecule has 1 N–H and O–H groups in total. The highest BCUT2D eigenvalue weighted by Gasteiger charge is 2.18. The van der Waals surface area contributed by atoms with Gasteiger partial charge in [0.1, 0.15) is 0 Å². The second kappa shape index (κ2) is 7.79. The van der Waals surface area contributed by atoms with Gasteiger partial charge in [-0.2, -0.15) is 0 Å². The van der Waals surface area contributed by atoms with Crippen molar-refractivity contribution >= 4 is 23.3 Å². The van der Waals surface area contributed by atoms with E-state index in [1.807, 2.05) is 4.90 Å². The van der Waals surface area contributed by atoms with Gasteiger partial charge in [-0.25, -0.2) is 4.79 Å². The van der Waals surface area contributed by atoms with Gasteiger partial charge >= 0.3 is 5.97 Å². The van der Waals surface area contributed by atoms with Gasteiger partial charge in [0.15, 0.2) is 0 Å². The standard InChI is InChI=1S/C19H21N3O3/c1-25-19(24)14-5-7-16(8-6-14)21-17-11-15(12-20-13-17)18(23)22-9-3-2-4-10-22/h5-8,11-13,21H,2-4,9-10H2,1H3. The van der Waals surface area contributed by atoms with Gasteiger partial charge in [0, 0.05) is 25.0 Å². The molecule has 1 amide bonds. The van der Waals surface area contributed by atoms with Crippen LogP contribution in [0.15, 0.2) is 42.7 Å². The predicted molar refractivity (Wildman–Crippen MR) is 95.1 cm³/mol. The Balaban J connectivity index is 1.71. The second-order valence-corrected chi connectivity index (χ2v) is 6.01. The zero-order chi connectivity index (χ0) is 17.6. The van der Waals surface area contributed by atoms with Crippen molar-refractivity contribution in [3.8, 4) is 0 Å². The molecule has 0 unspecified atom stereocenters. The molecule has 0 bridgehead atoms. The summed E-state index contributed by atoms with van der Waals surface area (Å²) in [5, 5.41) is 3.20. The Morgan fingerprint density at radius 3 is 2.40 bits per heavy atom. The van der Waals surface area contributed by atoms with Crippen LogP contribution in [0.3, 0.4) is 0 Å². The molecule has 1 aliphatic heterocycles. The van der Waals surface area contributed by atoms with Crippen molar-refractivity contribution in [2.24, 2.45) is 0 Å². The third-order valence-electron chi connectivity index (χ3n) is 4.22. The van der Waals surface area contributed by atoms with Gasteiger partial charge in [0.25, 0.3) is 5.91 Å². The van der Waals surface area contributed by atoms with Crippen molar-refractivity contribution in [2.75, 3.05) is 25.5 Å². The summed E-state index contributed by atoms with van der Waals surface area (Å²) in [6.45, 7) is 1.62. The first-order chi connectivity index (χ1) is 12.2. The van der Waals surface area contributed by atoms with Gasteiger partial charge in [0.2, 0.25) is 0 Å². The van der Waals surface area contributed by atoms with E-state index in [1.54, 1.807) is 42.7 Å². The molecule has 3 rings (SSSR count). The molecule has 0 spiro atoms. The third kappa shape index (κ3) is 4.15. The number of benzene rings is 1. The predicted octanol–water partition coefficient (Wildman–Crippen LogP) is 3.24. The number of piperidine rings is 1. The fourth-order valence-electron chi connectivity index (χ4n) is 2.88. The number of carbonyl (C=O) groups is 2. The Bertz CT molecular complexity index is 753. The molecule has 0 aliphatic carbocycles. The molecule has 0 saturated carbocycles. The number of pyridine rings is 1. The number of likely N-dealkylation sites (tertiary alicyclic amines) is 1. The second-order valence-electron chi connectivity index (χ2n) is 6.01. The molecule has 0 atom stereocenters. The Morgan fingerprint density at radius 2 is 1.72 bits per heavy atom. The van der Waals surface area contributed by atoms with Gasteiger partial charge in [-0.1, -0.05) is 0 Å². The Hall–Kier alpha value is -2.89. The lowest BCUT2D eigenvalue weighted by Gasteiger charge is -2.26. The highest BCUT2D eigenvalue weighted by Crippen LogP contribution is 2.19. The van der Waals surface area contributed by atoms with Crippen molar-refractivity contribution in [2.45, 2.75) is 19.3 Å². The van der Waals surface area contributed by atoms with E-state index in [2.05, 4.69) is 15.0 Å². The van der Waals surface area contributed by atoms with E-state index in [-0.39, 0.29) is 11.9 Å². The maximum atomic E-state index is 12.6. The van der Waals surface area contributed by atoms with Crippen molar-refractivity contribution < 1.29 is 14.3 Å². The minimum absolute atomic E-state index is 0.0249. The van der Waals surface area contributed by atoms with Gasteiger partial charge in [-0.05, 0) is 49.6 Å². The average Bonchev–Trinajstić information content (AvgIpc) is 2.68. The summed E-state index contributed by atoms with van der Waals surface area (Å²) in [5.74, 6) is -0.348. The van der Waals surface area contributed by atoms with Crippen LogP contribution in [0, 0.1) is 0 Å². The molecule has 1 saturated heterocycles. The lowest BCUT2D eigenvalue weighted by molar-refractivity contribution is 0.0600. The smallest absolute Gasteiger partial charge is 0.337 e. The fourth-order valence-corrected chi connectivity index (χ4v) is 2.88. The lowest BCUT2D eigenvalue weighted by Crippen LogP contribution is -2.35. The normalized spacial score (nSPS) is 14.0. The number of hydrogen-bond donors (Lipinski definition) is 1. The number of nitrogens with zero attached hydrogens (tertiary/aromatic N) is 2. The number of amides is 1. The van der Waals surface area contributed by atoms with E-state index < -0.39 is 0 Å². The van der Waals surface area contributed by atoms with Gasteiger partial charge in [0.05, 0.1) is 30.1 Å². The molecule has 2 heterocycles. The molecule has 1 aromatic carbocycles. The topological polar surface area (TPSA) is 71.5 Å². The highest BCUT2D eigenvalue weighted by molar-refractivity contribution is 5.95. The zero-order valence-electron chi connectivity index (χ0n) is 14.2. The van der Waals surface area contributed by atoms with Crippen molar-refractivity contribution in [3.63, 3.8) is 0 Å². The molecular weight excluding hydrogens is 318 g/mol. The number of esters is 1. The molecule has 6 nitrogen and oxygen atoms in total. The summed E-state index contributed by atoms with van der Waals surface area (Å²) < 4.78 is 4.68. The Morgan fingerprint density at radius 1 is 1.00 bits per heavy atom. The monoisotopic (exact) mass is 339 g/mol. The number of anilines is 2.